The number of amides is 3. The van der Waals surface area contributed by atoms with Crippen molar-refractivity contribution in [2.24, 2.45) is 0 Å². The van der Waals surface area contributed by atoms with E-state index in [0.717, 1.165) is 12.8 Å². The van der Waals surface area contributed by atoms with Gasteiger partial charge in [-0.1, -0.05) is 12.1 Å². The first-order valence-corrected chi connectivity index (χ1v) is 9.47. The van der Waals surface area contributed by atoms with Crippen molar-refractivity contribution in [3.05, 3.63) is 59.9 Å². The molecule has 1 aliphatic carbocycles. The molecule has 1 saturated carbocycles. The van der Waals surface area contributed by atoms with Gasteiger partial charge in [-0.15, -0.1) is 0 Å². The minimum Gasteiger partial charge on any atom is -0.349 e. The van der Waals surface area contributed by atoms with Crippen LogP contribution in [0.3, 0.4) is 0 Å². The summed E-state index contributed by atoms with van der Waals surface area (Å²) in [5.41, 5.74) is 1.35. The molecule has 0 heterocycles. The number of anilines is 2. The van der Waals surface area contributed by atoms with Gasteiger partial charge in [-0.25, -0.2) is 4.39 Å². The third-order valence-corrected chi connectivity index (χ3v) is 4.41. The summed E-state index contributed by atoms with van der Waals surface area (Å²) in [6.45, 7) is 0.115. The van der Waals surface area contributed by atoms with Crippen molar-refractivity contribution >= 4 is 29.1 Å². The van der Waals surface area contributed by atoms with Gasteiger partial charge in [0, 0.05) is 11.7 Å². The summed E-state index contributed by atoms with van der Waals surface area (Å²) in [5, 5.41) is 8.32. The van der Waals surface area contributed by atoms with Crippen molar-refractivity contribution in [2.45, 2.75) is 18.9 Å². The van der Waals surface area contributed by atoms with Crippen LogP contribution in [-0.4, -0.2) is 43.9 Å². The minimum atomic E-state index is -0.381. The van der Waals surface area contributed by atoms with E-state index in [1.165, 1.54) is 24.3 Å². The smallest absolute Gasteiger partial charge is 0.279 e. The summed E-state index contributed by atoms with van der Waals surface area (Å²) in [5.74, 6) is -1.17. The number of para-hydroxylation sites is 1. The largest absolute Gasteiger partial charge is 0.349 e. The van der Waals surface area contributed by atoms with Gasteiger partial charge in [0.2, 0.25) is 0 Å². The Kier molecular flexibility index (Phi) is 6.56. The Morgan fingerprint density at radius 3 is 2.24 bits per heavy atom. The van der Waals surface area contributed by atoms with Crippen LogP contribution < -0.4 is 20.9 Å². The zero-order valence-corrected chi connectivity index (χ0v) is 16.1. The molecule has 1 atom stereocenters. The van der Waals surface area contributed by atoms with Crippen LogP contribution in [0.4, 0.5) is 15.8 Å². The zero-order chi connectivity index (χ0) is 20.8. The van der Waals surface area contributed by atoms with Crippen LogP contribution in [0.2, 0.25) is 0 Å². The highest BCUT2D eigenvalue weighted by atomic mass is 19.1. The van der Waals surface area contributed by atoms with E-state index in [1.807, 2.05) is 0 Å². The van der Waals surface area contributed by atoms with Gasteiger partial charge in [0.15, 0.2) is 13.1 Å². The maximum Gasteiger partial charge on any atom is 0.279 e. The molecule has 0 spiro atoms. The van der Waals surface area contributed by atoms with Crippen molar-refractivity contribution in [1.29, 1.82) is 0 Å². The number of carbonyl (C=O) groups excluding carboxylic acids is 3. The molecule has 0 saturated heterocycles. The molecular formula is C21H24FN4O3+. The summed E-state index contributed by atoms with van der Waals surface area (Å²) < 4.78 is 12.9. The fourth-order valence-electron chi connectivity index (χ4n) is 2.82. The minimum absolute atomic E-state index is 0.0510. The van der Waals surface area contributed by atoms with Crippen molar-refractivity contribution < 1.29 is 23.7 Å². The Bertz CT molecular complexity index is 897. The molecule has 2 aromatic carbocycles. The van der Waals surface area contributed by atoms with E-state index in [2.05, 4.69) is 16.0 Å². The molecule has 0 aliphatic heterocycles. The van der Waals surface area contributed by atoms with E-state index >= 15 is 0 Å². The molecule has 152 valence electrons. The van der Waals surface area contributed by atoms with Crippen LogP contribution in [0.25, 0.3) is 0 Å². The topological polar surface area (TPSA) is 91.7 Å². The fourth-order valence-corrected chi connectivity index (χ4v) is 2.82. The Balaban J connectivity index is 1.50. The predicted molar refractivity (Wildman–Crippen MR) is 107 cm³/mol. The highest BCUT2D eigenvalue weighted by Gasteiger charge is 2.25. The zero-order valence-electron chi connectivity index (χ0n) is 16.1. The van der Waals surface area contributed by atoms with Crippen LogP contribution in [0, 0.1) is 5.82 Å². The molecular weight excluding hydrogens is 375 g/mol. The van der Waals surface area contributed by atoms with Gasteiger partial charge in [0.1, 0.15) is 5.82 Å². The standard InChI is InChI=1S/C21H23FN4O3/c1-26(12-19(27)23-15-8-6-14(22)7-9-15)13-20(28)25-18-5-3-2-4-17(18)21(29)24-16-10-11-16/h2-9,16H,10-13H2,1H3,(H,23,27)(H,24,29)(H,25,28)/p+1. The molecule has 7 nitrogen and oxygen atoms in total. The third-order valence-electron chi connectivity index (χ3n) is 4.41. The van der Waals surface area contributed by atoms with Crippen LogP contribution in [-0.2, 0) is 9.59 Å². The first-order valence-electron chi connectivity index (χ1n) is 9.47. The quantitative estimate of drug-likeness (QED) is 0.529. The lowest BCUT2D eigenvalue weighted by molar-refractivity contribution is -0.862. The molecule has 3 amide bonds. The first-order chi connectivity index (χ1) is 13.9. The lowest BCUT2D eigenvalue weighted by atomic mass is 10.1. The van der Waals surface area contributed by atoms with E-state index in [-0.39, 0.29) is 42.7 Å². The maximum absolute atomic E-state index is 12.9. The van der Waals surface area contributed by atoms with Crippen molar-refractivity contribution in [2.75, 3.05) is 30.8 Å². The Morgan fingerprint density at radius 1 is 0.966 bits per heavy atom. The van der Waals surface area contributed by atoms with E-state index in [0.29, 0.717) is 21.8 Å². The molecule has 3 rings (SSSR count). The molecule has 1 fully saturated rings. The summed E-state index contributed by atoms with van der Waals surface area (Å²) in [6, 6.07) is 12.5. The van der Waals surface area contributed by atoms with Gasteiger partial charge in [-0.3, -0.25) is 14.4 Å². The summed E-state index contributed by atoms with van der Waals surface area (Å²) in [6.07, 6.45) is 1.96. The molecule has 8 heteroatoms. The average molecular weight is 399 g/mol. The number of carbonyl (C=O) groups is 3. The van der Waals surface area contributed by atoms with Crippen LogP contribution in [0.15, 0.2) is 48.5 Å². The van der Waals surface area contributed by atoms with Gasteiger partial charge in [0.05, 0.1) is 18.3 Å². The highest BCUT2D eigenvalue weighted by Crippen LogP contribution is 2.21. The number of benzene rings is 2. The normalized spacial score (nSPS) is 14.0. The number of hydrogen-bond donors (Lipinski definition) is 4. The lowest BCUT2D eigenvalue weighted by Crippen LogP contribution is -3.11. The van der Waals surface area contributed by atoms with Gasteiger partial charge in [-0.2, -0.15) is 0 Å². The second-order valence-corrected chi connectivity index (χ2v) is 7.21. The summed E-state index contributed by atoms with van der Waals surface area (Å²) in [7, 11) is 1.72. The molecule has 4 N–H and O–H groups in total. The van der Waals surface area contributed by atoms with Crippen LogP contribution in [0.1, 0.15) is 23.2 Å². The number of halogens is 1. The first kappa shape index (κ1) is 20.5. The van der Waals surface area contributed by atoms with E-state index in [1.54, 1.807) is 31.3 Å². The number of nitrogens with one attached hydrogen (secondary N) is 4. The van der Waals surface area contributed by atoms with Crippen LogP contribution >= 0.6 is 0 Å². The van der Waals surface area contributed by atoms with Crippen molar-refractivity contribution in [1.82, 2.24) is 5.32 Å². The molecule has 1 aliphatic rings. The van der Waals surface area contributed by atoms with Gasteiger partial charge >= 0.3 is 0 Å². The SMILES string of the molecule is C[NH+](CC(=O)Nc1ccc(F)cc1)CC(=O)Nc1ccccc1C(=O)NC1CC1. The third kappa shape index (κ3) is 6.39. The fraction of sp³-hybridized carbons (Fsp3) is 0.286. The van der Waals surface area contributed by atoms with Crippen LogP contribution in [0.5, 0.6) is 0 Å². The maximum atomic E-state index is 12.9. The molecule has 0 radical (unpaired) electrons. The Hall–Kier alpha value is -3.26. The highest BCUT2D eigenvalue weighted by molar-refractivity contribution is 6.04. The molecule has 0 aromatic heterocycles. The van der Waals surface area contributed by atoms with Crippen molar-refractivity contribution in [3.8, 4) is 0 Å². The molecule has 1 unspecified atom stereocenters. The molecule has 29 heavy (non-hydrogen) atoms. The molecule has 2 aromatic rings. The second kappa shape index (κ2) is 9.29. The van der Waals surface area contributed by atoms with E-state index in [9.17, 15) is 18.8 Å². The lowest BCUT2D eigenvalue weighted by Gasteiger charge is -2.15. The number of hydrogen-bond acceptors (Lipinski definition) is 3. The number of rotatable bonds is 8. The monoisotopic (exact) mass is 399 g/mol. The summed E-state index contributed by atoms with van der Waals surface area (Å²) >= 11 is 0. The number of likely N-dealkylation sites (N-methyl/N-ethyl adjacent to an activating group) is 1. The van der Waals surface area contributed by atoms with Gasteiger partial charge < -0.3 is 20.9 Å². The molecule has 0 bridgehead atoms. The average Bonchev–Trinajstić information content (AvgIpc) is 3.47. The van der Waals surface area contributed by atoms with Gasteiger partial charge in [0.25, 0.3) is 17.7 Å². The summed E-state index contributed by atoms with van der Waals surface area (Å²) in [4.78, 5) is 37.4. The second-order valence-electron chi connectivity index (χ2n) is 7.21. The van der Waals surface area contributed by atoms with Gasteiger partial charge in [-0.05, 0) is 49.2 Å². The van der Waals surface area contributed by atoms with Crippen molar-refractivity contribution in [3.63, 3.8) is 0 Å². The van der Waals surface area contributed by atoms with E-state index in [4.69, 9.17) is 0 Å². The van der Waals surface area contributed by atoms with E-state index < -0.39 is 0 Å². The number of quaternary nitrogens is 1. The Labute approximate surface area is 168 Å². The Morgan fingerprint density at radius 2 is 1.59 bits per heavy atom. The predicted octanol–water partition coefficient (Wildman–Crippen LogP) is 0.810.